The maximum Gasteiger partial charge on any atom is 0.246 e. The highest BCUT2D eigenvalue weighted by molar-refractivity contribution is 5.88. The molecule has 5 heteroatoms. The molecule has 1 atom stereocenters. The van der Waals surface area contributed by atoms with Crippen molar-refractivity contribution in [2.45, 2.75) is 58.5 Å². The normalized spacial score (nSPS) is 26.8. The number of hydrogen-bond acceptors (Lipinski definition) is 3. The molecule has 0 aromatic rings. The molecule has 3 aliphatic heterocycles. The fraction of sp³-hybridized carbons (Fsp3) is 0.789. The molecule has 3 rings (SSSR count). The number of carbonyl (C=O) groups excluding carboxylic acids is 2. The smallest absolute Gasteiger partial charge is 0.246 e. The molecule has 0 radical (unpaired) electrons. The second-order valence-corrected chi connectivity index (χ2v) is 7.96. The molecule has 0 aromatic carbocycles. The molecule has 24 heavy (non-hydrogen) atoms. The highest BCUT2D eigenvalue weighted by atomic mass is 16.5. The molecule has 0 saturated carbocycles. The molecule has 3 fully saturated rings. The summed E-state index contributed by atoms with van der Waals surface area (Å²) in [5.74, 6) is 0.409. The van der Waals surface area contributed by atoms with Gasteiger partial charge in [-0.2, -0.15) is 0 Å². The van der Waals surface area contributed by atoms with Crippen LogP contribution < -0.4 is 0 Å². The Morgan fingerprint density at radius 3 is 2.67 bits per heavy atom. The second-order valence-electron chi connectivity index (χ2n) is 7.96. The third kappa shape index (κ3) is 4.00. The first kappa shape index (κ1) is 17.5. The predicted molar refractivity (Wildman–Crippen MR) is 92.5 cm³/mol. The molecule has 3 heterocycles. The Morgan fingerprint density at radius 2 is 2.04 bits per heavy atom. The van der Waals surface area contributed by atoms with Gasteiger partial charge >= 0.3 is 0 Å². The Kier molecular flexibility index (Phi) is 5.28. The van der Waals surface area contributed by atoms with Gasteiger partial charge in [-0.05, 0) is 51.4 Å². The van der Waals surface area contributed by atoms with E-state index in [-0.39, 0.29) is 23.3 Å². The maximum absolute atomic E-state index is 12.3. The summed E-state index contributed by atoms with van der Waals surface area (Å²) in [4.78, 5) is 28.5. The summed E-state index contributed by atoms with van der Waals surface area (Å²) >= 11 is 0. The SMILES string of the molecule is CC(C)=CC(=O)N1CCC2(CCC(=O)N(C[C@@H]3CCCO3)C2)CC1. The van der Waals surface area contributed by atoms with Crippen LogP contribution in [0.2, 0.25) is 0 Å². The quantitative estimate of drug-likeness (QED) is 0.745. The van der Waals surface area contributed by atoms with Crippen LogP contribution in [-0.4, -0.2) is 60.5 Å². The molecule has 3 aliphatic rings. The van der Waals surface area contributed by atoms with E-state index in [0.717, 1.165) is 70.5 Å². The summed E-state index contributed by atoms with van der Waals surface area (Å²) in [6.45, 7) is 7.96. The Hall–Kier alpha value is -1.36. The van der Waals surface area contributed by atoms with Crippen molar-refractivity contribution in [1.29, 1.82) is 0 Å². The van der Waals surface area contributed by atoms with Gasteiger partial charge in [0, 0.05) is 45.3 Å². The van der Waals surface area contributed by atoms with E-state index >= 15 is 0 Å². The summed E-state index contributed by atoms with van der Waals surface area (Å²) in [6.07, 6.45) is 7.76. The summed E-state index contributed by atoms with van der Waals surface area (Å²) < 4.78 is 5.71. The van der Waals surface area contributed by atoms with Gasteiger partial charge in [0.25, 0.3) is 0 Å². The van der Waals surface area contributed by atoms with Crippen LogP contribution in [0.25, 0.3) is 0 Å². The van der Waals surface area contributed by atoms with Crippen molar-refractivity contribution < 1.29 is 14.3 Å². The Labute approximate surface area is 145 Å². The van der Waals surface area contributed by atoms with Gasteiger partial charge in [0.2, 0.25) is 11.8 Å². The van der Waals surface area contributed by atoms with E-state index in [9.17, 15) is 9.59 Å². The van der Waals surface area contributed by atoms with Crippen LogP contribution in [0.1, 0.15) is 52.4 Å². The van der Waals surface area contributed by atoms with Crippen LogP contribution >= 0.6 is 0 Å². The van der Waals surface area contributed by atoms with E-state index in [1.165, 1.54) is 0 Å². The Bertz CT molecular complexity index is 511. The lowest BCUT2D eigenvalue weighted by molar-refractivity contribution is -0.143. The summed E-state index contributed by atoms with van der Waals surface area (Å²) in [7, 11) is 0. The van der Waals surface area contributed by atoms with Crippen molar-refractivity contribution in [3.63, 3.8) is 0 Å². The molecule has 1 spiro atoms. The summed E-state index contributed by atoms with van der Waals surface area (Å²) in [5, 5.41) is 0. The maximum atomic E-state index is 12.3. The minimum absolute atomic E-state index is 0.132. The van der Waals surface area contributed by atoms with Crippen LogP contribution in [0.4, 0.5) is 0 Å². The number of amides is 2. The Morgan fingerprint density at radius 1 is 1.29 bits per heavy atom. The lowest BCUT2D eigenvalue weighted by Crippen LogP contribution is -2.53. The molecular formula is C19H30N2O3. The summed E-state index contributed by atoms with van der Waals surface area (Å²) in [6, 6.07) is 0. The molecule has 2 amide bonds. The predicted octanol–water partition coefficient (Wildman–Crippen LogP) is 2.36. The molecule has 134 valence electrons. The monoisotopic (exact) mass is 334 g/mol. The average molecular weight is 334 g/mol. The van der Waals surface area contributed by atoms with Gasteiger partial charge in [0.1, 0.15) is 0 Å². The molecule has 3 saturated heterocycles. The van der Waals surface area contributed by atoms with E-state index in [2.05, 4.69) is 0 Å². The van der Waals surface area contributed by atoms with Crippen molar-refractivity contribution in [3.05, 3.63) is 11.6 Å². The number of allylic oxidation sites excluding steroid dienone is 1. The summed E-state index contributed by atoms with van der Waals surface area (Å²) in [5.41, 5.74) is 1.25. The molecule has 0 aromatic heterocycles. The van der Waals surface area contributed by atoms with Crippen molar-refractivity contribution in [2.24, 2.45) is 5.41 Å². The zero-order valence-corrected chi connectivity index (χ0v) is 15.1. The standard InChI is InChI=1S/C19H30N2O3/c1-15(2)12-18(23)20-9-7-19(8-10-20)6-5-17(22)21(14-19)13-16-4-3-11-24-16/h12,16H,3-11,13-14H2,1-2H3/t16-/m0/s1. The highest BCUT2D eigenvalue weighted by Gasteiger charge is 2.42. The van der Waals surface area contributed by atoms with Crippen LogP contribution in [-0.2, 0) is 14.3 Å². The van der Waals surface area contributed by atoms with Crippen molar-refractivity contribution >= 4 is 11.8 Å². The first-order valence-electron chi connectivity index (χ1n) is 9.31. The molecule has 0 N–H and O–H groups in total. The molecule has 0 bridgehead atoms. The highest BCUT2D eigenvalue weighted by Crippen LogP contribution is 2.40. The molecule has 0 unspecified atom stereocenters. The van der Waals surface area contributed by atoms with Crippen LogP contribution in [0.3, 0.4) is 0 Å². The van der Waals surface area contributed by atoms with Crippen LogP contribution in [0.15, 0.2) is 11.6 Å². The minimum Gasteiger partial charge on any atom is -0.376 e. The van der Waals surface area contributed by atoms with E-state index in [4.69, 9.17) is 4.74 Å². The number of likely N-dealkylation sites (tertiary alicyclic amines) is 2. The topological polar surface area (TPSA) is 49.9 Å². The van der Waals surface area contributed by atoms with Gasteiger partial charge in [-0.3, -0.25) is 9.59 Å². The number of carbonyl (C=O) groups is 2. The zero-order valence-electron chi connectivity index (χ0n) is 15.1. The number of nitrogens with zero attached hydrogens (tertiary/aromatic N) is 2. The fourth-order valence-electron chi connectivity index (χ4n) is 4.25. The fourth-order valence-corrected chi connectivity index (χ4v) is 4.25. The molecule has 5 nitrogen and oxygen atoms in total. The van der Waals surface area contributed by atoms with Gasteiger partial charge in [-0.25, -0.2) is 0 Å². The number of piperidine rings is 2. The number of ether oxygens (including phenoxy) is 1. The molecular weight excluding hydrogens is 304 g/mol. The molecule has 0 aliphatic carbocycles. The van der Waals surface area contributed by atoms with Crippen molar-refractivity contribution in [2.75, 3.05) is 32.8 Å². The van der Waals surface area contributed by atoms with Gasteiger partial charge < -0.3 is 14.5 Å². The average Bonchev–Trinajstić information content (AvgIpc) is 3.04. The van der Waals surface area contributed by atoms with Crippen LogP contribution in [0.5, 0.6) is 0 Å². The van der Waals surface area contributed by atoms with Gasteiger partial charge in [0.15, 0.2) is 0 Å². The largest absolute Gasteiger partial charge is 0.376 e. The first-order valence-corrected chi connectivity index (χ1v) is 9.31. The minimum atomic E-state index is 0.132. The number of rotatable bonds is 3. The second kappa shape index (κ2) is 7.26. The lowest BCUT2D eigenvalue weighted by atomic mass is 9.72. The Balaban J connectivity index is 1.57. The van der Waals surface area contributed by atoms with Crippen molar-refractivity contribution in [1.82, 2.24) is 9.80 Å². The third-order valence-electron chi connectivity index (χ3n) is 5.74. The third-order valence-corrected chi connectivity index (χ3v) is 5.74. The first-order chi connectivity index (χ1) is 11.5. The van der Waals surface area contributed by atoms with Gasteiger partial charge in [-0.15, -0.1) is 0 Å². The lowest BCUT2D eigenvalue weighted by Gasteiger charge is -2.47. The van der Waals surface area contributed by atoms with E-state index in [0.29, 0.717) is 6.42 Å². The van der Waals surface area contributed by atoms with Crippen molar-refractivity contribution in [3.8, 4) is 0 Å². The van der Waals surface area contributed by atoms with E-state index in [1.54, 1.807) is 6.08 Å². The van der Waals surface area contributed by atoms with Gasteiger partial charge in [-0.1, -0.05) is 5.57 Å². The zero-order chi connectivity index (χ0) is 17.2. The van der Waals surface area contributed by atoms with Crippen LogP contribution in [0, 0.1) is 5.41 Å². The van der Waals surface area contributed by atoms with Gasteiger partial charge in [0.05, 0.1) is 6.10 Å². The van der Waals surface area contributed by atoms with E-state index in [1.807, 2.05) is 23.6 Å². The number of hydrogen-bond donors (Lipinski definition) is 0. The van der Waals surface area contributed by atoms with E-state index < -0.39 is 0 Å².